The van der Waals surface area contributed by atoms with Crippen LogP contribution in [-0.4, -0.2) is 16.2 Å². The first-order chi connectivity index (χ1) is 9.83. The molecule has 0 bridgehead atoms. The van der Waals surface area contributed by atoms with Gasteiger partial charge in [0.1, 0.15) is 16.2 Å². The van der Waals surface area contributed by atoms with Crippen molar-refractivity contribution in [2.45, 2.75) is 38.6 Å². The fraction of sp³-hybridized carbons (Fsp3) is 0.438. The second kappa shape index (κ2) is 4.92. The van der Waals surface area contributed by atoms with E-state index in [9.17, 15) is 0 Å². The van der Waals surface area contributed by atoms with Crippen LogP contribution in [0.25, 0.3) is 11.4 Å². The number of aryl methyl sites for hydroxylation is 1. The summed E-state index contributed by atoms with van der Waals surface area (Å²) in [4.78, 5) is 4.75. The van der Waals surface area contributed by atoms with E-state index in [4.69, 9.17) is 9.72 Å². The van der Waals surface area contributed by atoms with Gasteiger partial charge in [-0.05, 0) is 71.8 Å². The predicted molar refractivity (Wildman–Crippen MR) is 82.1 cm³/mol. The van der Waals surface area contributed by atoms with E-state index < -0.39 is 0 Å². The van der Waals surface area contributed by atoms with Crippen LogP contribution in [0.5, 0.6) is 5.75 Å². The van der Waals surface area contributed by atoms with Crippen LogP contribution in [-0.2, 0) is 19.4 Å². The third-order valence-corrected chi connectivity index (χ3v) is 4.87. The molecule has 0 amide bonds. The molecule has 2 aliphatic heterocycles. The van der Waals surface area contributed by atoms with Crippen molar-refractivity contribution >= 4 is 15.9 Å². The number of rotatable bonds is 1. The Morgan fingerprint density at radius 3 is 3.05 bits per heavy atom. The van der Waals surface area contributed by atoms with E-state index in [0.29, 0.717) is 0 Å². The lowest BCUT2D eigenvalue weighted by Crippen LogP contribution is -2.12. The lowest BCUT2D eigenvalue weighted by atomic mass is 10.0. The van der Waals surface area contributed by atoms with Gasteiger partial charge in [-0.3, -0.25) is 0 Å². The maximum absolute atomic E-state index is 5.70. The number of ether oxygens (including phenoxy) is 1. The second-order valence-corrected chi connectivity index (χ2v) is 6.31. The largest absolute Gasteiger partial charge is 0.493 e. The molecular formula is C16H17BrN2O. The van der Waals surface area contributed by atoms with Crippen molar-refractivity contribution in [1.82, 2.24) is 9.55 Å². The molecule has 20 heavy (non-hydrogen) atoms. The van der Waals surface area contributed by atoms with Gasteiger partial charge in [-0.1, -0.05) is 0 Å². The van der Waals surface area contributed by atoms with Crippen molar-refractivity contribution in [3.05, 3.63) is 34.1 Å². The molecule has 0 fully saturated rings. The summed E-state index contributed by atoms with van der Waals surface area (Å²) in [5.74, 6) is 2.14. The van der Waals surface area contributed by atoms with Crippen molar-refractivity contribution in [3.8, 4) is 17.1 Å². The normalized spacial score (nSPS) is 17.2. The van der Waals surface area contributed by atoms with Crippen LogP contribution in [0, 0.1) is 0 Å². The smallest absolute Gasteiger partial charge is 0.141 e. The molecule has 104 valence electrons. The van der Waals surface area contributed by atoms with E-state index in [1.54, 1.807) is 0 Å². The molecule has 2 aliphatic rings. The third kappa shape index (κ3) is 1.97. The van der Waals surface area contributed by atoms with E-state index in [1.165, 1.54) is 29.7 Å². The second-order valence-electron chi connectivity index (χ2n) is 5.56. The molecule has 2 aromatic rings. The van der Waals surface area contributed by atoms with E-state index in [2.05, 4.69) is 38.7 Å². The van der Waals surface area contributed by atoms with Crippen LogP contribution in [0.3, 0.4) is 0 Å². The summed E-state index contributed by atoms with van der Waals surface area (Å²) in [5.41, 5.74) is 3.88. The zero-order valence-corrected chi connectivity index (χ0v) is 12.9. The first-order valence-corrected chi connectivity index (χ1v) is 8.13. The van der Waals surface area contributed by atoms with Crippen LogP contribution < -0.4 is 4.74 Å². The molecule has 4 heteroatoms. The fourth-order valence-electron chi connectivity index (χ4n) is 3.22. The quantitative estimate of drug-likeness (QED) is 0.789. The summed E-state index contributed by atoms with van der Waals surface area (Å²) in [6.45, 7) is 1.92. The van der Waals surface area contributed by atoms with Gasteiger partial charge >= 0.3 is 0 Å². The van der Waals surface area contributed by atoms with Crippen LogP contribution in [0.2, 0.25) is 0 Å². The van der Waals surface area contributed by atoms with Gasteiger partial charge in [0.25, 0.3) is 0 Å². The van der Waals surface area contributed by atoms with Gasteiger partial charge in [0, 0.05) is 12.1 Å². The average molecular weight is 333 g/mol. The monoisotopic (exact) mass is 332 g/mol. The summed E-state index contributed by atoms with van der Waals surface area (Å²) < 4.78 is 9.08. The van der Waals surface area contributed by atoms with Gasteiger partial charge < -0.3 is 9.30 Å². The minimum Gasteiger partial charge on any atom is -0.493 e. The van der Waals surface area contributed by atoms with Gasteiger partial charge in [0.15, 0.2) is 0 Å². The molecule has 3 heterocycles. The molecule has 0 unspecified atom stereocenters. The Labute approximate surface area is 127 Å². The molecule has 0 aliphatic carbocycles. The van der Waals surface area contributed by atoms with Gasteiger partial charge in [-0.25, -0.2) is 4.98 Å². The van der Waals surface area contributed by atoms with Gasteiger partial charge in [-0.2, -0.15) is 0 Å². The highest BCUT2D eigenvalue weighted by Gasteiger charge is 2.20. The molecule has 0 saturated carbocycles. The molecule has 0 atom stereocenters. The van der Waals surface area contributed by atoms with Crippen molar-refractivity contribution < 1.29 is 4.74 Å². The van der Waals surface area contributed by atoms with E-state index >= 15 is 0 Å². The topological polar surface area (TPSA) is 27.1 Å². The molecule has 0 radical (unpaired) electrons. The molecule has 3 nitrogen and oxygen atoms in total. The SMILES string of the molecule is Brc1nc(-c2ccc3c(c2)CCCO3)n2c1CCCC2. The maximum Gasteiger partial charge on any atom is 0.141 e. The number of hydrogen-bond acceptors (Lipinski definition) is 2. The van der Waals surface area contributed by atoms with Crippen LogP contribution in [0.4, 0.5) is 0 Å². The number of halogens is 1. The van der Waals surface area contributed by atoms with Crippen LogP contribution in [0.1, 0.15) is 30.5 Å². The molecule has 0 spiro atoms. The van der Waals surface area contributed by atoms with E-state index in [-0.39, 0.29) is 0 Å². The Kier molecular flexibility index (Phi) is 3.06. The zero-order valence-electron chi connectivity index (χ0n) is 11.4. The Hall–Kier alpha value is -1.29. The number of fused-ring (bicyclic) bond motifs is 2. The van der Waals surface area contributed by atoms with Crippen molar-refractivity contribution in [2.75, 3.05) is 6.61 Å². The highest BCUT2D eigenvalue weighted by atomic mass is 79.9. The summed E-state index contributed by atoms with van der Waals surface area (Å²) in [6, 6.07) is 6.49. The molecule has 0 N–H and O–H groups in total. The number of aromatic nitrogens is 2. The highest BCUT2D eigenvalue weighted by Crippen LogP contribution is 2.33. The maximum atomic E-state index is 5.70. The Morgan fingerprint density at radius 1 is 1.15 bits per heavy atom. The van der Waals surface area contributed by atoms with Crippen LogP contribution in [0.15, 0.2) is 22.8 Å². The molecule has 1 aromatic carbocycles. The summed E-state index contributed by atoms with van der Waals surface area (Å²) in [5, 5.41) is 0. The Morgan fingerprint density at radius 2 is 2.10 bits per heavy atom. The lowest BCUT2D eigenvalue weighted by Gasteiger charge is -2.19. The van der Waals surface area contributed by atoms with Crippen molar-refractivity contribution in [3.63, 3.8) is 0 Å². The van der Waals surface area contributed by atoms with E-state index in [0.717, 1.165) is 48.6 Å². The minimum atomic E-state index is 0.844. The number of imidazole rings is 1. The third-order valence-electron chi connectivity index (χ3n) is 4.24. The standard InChI is InChI=1S/C16H17BrN2O/c17-15-13-5-1-2-8-19(13)16(18-15)12-6-7-14-11(10-12)4-3-9-20-14/h6-7,10H,1-5,8-9H2. The molecule has 4 rings (SSSR count). The van der Waals surface area contributed by atoms with Gasteiger partial charge in [0.05, 0.1) is 12.3 Å². The molecular weight excluding hydrogens is 316 g/mol. The minimum absolute atomic E-state index is 0.844. The first kappa shape index (κ1) is 12.5. The van der Waals surface area contributed by atoms with Gasteiger partial charge in [0.2, 0.25) is 0 Å². The Balaban J connectivity index is 1.81. The average Bonchev–Trinajstić information content (AvgIpc) is 2.85. The summed E-state index contributed by atoms with van der Waals surface area (Å²) >= 11 is 3.62. The summed E-state index contributed by atoms with van der Waals surface area (Å²) in [7, 11) is 0. The summed E-state index contributed by atoms with van der Waals surface area (Å²) in [6.07, 6.45) is 5.86. The van der Waals surface area contributed by atoms with Crippen LogP contribution >= 0.6 is 15.9 Å². The lowest BCUT2D eigenvalue weighted by molar-refractivity contribution is 0.288. The first-order valence-electron chi connectivity index (χ1n) is 7.34. The van der Waals surface area contributed by atoms with E-state index in [1.807, 2.05) is 0 Å². The highest BCUT2D eigenvalue weighted by molar-refractivity contribution is 9.10. The zero-order chi connectivity index (χ0) is 13.5. The number of hydrogen-bond donors (Lipinski definition) is 0. The van der Waals surface area contributed by atoms with Gasteiger partial charge in [-0.15, -0.1) is 0 Å². The Bertz CT molecular complexity index is 663. The number of benzene rings is 1. The molecule has 0 saturated heterocycles. The van der Waals surface area contributed by atoms with Crippen molar-refractivity contribution in [2.24, 2.45) is 0 Å². The predicted octanol–water partition coefficient (Wildman–Crippen LogP) is 3.97. The fourth-order valence-corrected chi connectivity index (χ4v) is 3.80. The van der Waals surface area contributed by atoms with Crippen molar-refractivity contribution in [1.29, 1.82) is 0 Å². The number of nitrogens with zero attached hydrogens (tertiary/aromatic N) is 2. The molecule has 1 aromatic heterocycles.